The number of para-hydroxylation sites is 1. The number of nitro groups is 1. The molecule has 4 rings (SSSR count). The number of allylic oxidation sites excluding steroid dienone is 2. The minimum Gasteiger partial charge on any atom is -0.372 e. The SMILES string of the molecule is O=[N+]([O-])c1cccc2c1NC(c1ccccc1F)C1CC=CC21. The van der Waals surface area contributed by atoms with Gasteiger partial charge < -0.3 is 5.32 Å². The topological polar surface area (TPSA) is 55.2 Å². The van der Waals surface area contributed by atoms with E-state index in [0.717, 1.165) is 12.0 Å². The van der Waals surface area contributed by atoms with Crippen LogP contribution < -0.4 is 5.32 Å². The molecule has 0 saturated heterocycles. The van der Waals surface area contributed by atoms with Gasteiger partial charge in [-0.15, -0.1) is 0 Å². The number of nitro benzene ring substituents is 1. The van der Waals surface area contributed by atoms with Gasteiger partial charge in [-0.05, 0) is 24.0 Å². The van der Waals surface area contributed by atoms with Crippen molar-refractivity contribution in [2.75, 3.05) is 5.32 Å². The summed E-state index contributed by atoms with van der Waals surface area (Å²) in [7, 11) is 0. The van der Waals surface area contributed by atoms with Gasteiger partial charge in [0.1, 0.15) is 11.5 Å². The summed E-state index contributed by atoms with van der Waals surface area (Å²) in [5.74, 6) is -0.0326. The van der Waals surface area contributed by atoms with Gasteiger partial charge in [-0.2, -0.15) is 0 Å². The maximum Gasteiger partial charge on any atom is 0.292 e. The Bertz CT molecular complexity index is 818. The lowest BCUT2D eigenvalue weighted by Crippen LogP contribution is -2.30. The van der Waals surface area contributed by atoms with Gasteiger partial charge in [-0.1, -0.05) is 42.5 Å². The summed E-state index contributed by atoms with van der Waals surface area (Å²) < 4.78 is 14.3. The molecule has 23 heavy (non-hydrogen) atoms. The number of anilines is 1. The molecule has 0 spiro atoms. The van der Waals surface area contributed by atoms with Crippen LogP contribution in [0.5, 0.6) is 0 Å². The van der Waals surface area contributed by atoms with Crippen molar-refractivity contribution in [2.24, 2.45) is 5.92 Å². The molecule has 4 nitrogen and oxygen atoms in total. The van der Waals surface area contributed by atoms with Crippen molar-refractivity contribution in [2.45, 2.75) is 18.4 Å². The molecule has 2 aromatic rings. The fraction of sp³-hybridized carbons (Fsp3) is 0.222. The van der Waals surface area contributed by atoms with Crippen molar-refractivity contribution in [3.8, 4) is 0 Å². The van der Waals surface area contributed by atoms with Gasteiger partial charge in [0.05, 0.1) is 11.0 Å². The highest BCUT2D eigenvalue weighted by Crippen LogP contribution is 2.52. The van der Waals surface area contributed by atoms with Crippen molar-refractivity contribution in [3.05, 3.63) is 81.7 Å². The van der Waals surface area contributed by atoms with Crippen molar-refractivity contribution >= 4 is 11.4 Å². The normalized spacial score (nSPS) is 24.7. The second kappa shape index (κ2) is 5.19. The van der Waals surface area contributed by atoms with Gasteiger partial charge in [0.2, 0.25) is 0 Å². The summed E-state index contributed by atoms with van der Waals surface area (Å²) in [6.07, 6.45) is 5.00. The van der Waals surface area contributed by atoms with E-state index >= 15 is 0 Å². The molecule has 0 amide bonds. The van der Waals surface area contributed by atoms with Gasteiger partial charge >= 0.3 is 0 Å². The van der Waals surface area contributed by atoms with Crippen LogP contribution in [0, 0.1) is 21.8 Å². The second-order valence-corrected chi connectivity index (χ2v) is 6.00. The molecule has 116 valence electrons. The third-order valence-corrected chi connectivity index (χ3v) is 4.81. The van der Waals surface area contributed by atoms with Crippen LogP contribution in [-0.2, 0) is 0 Å². The van der Waals surface area contributed by atoms with E-state index < -0.39 is 0 Å². The predicted molar refractivity (Wildman–Crippen MR) is 85.8 cm³/mol. The quantitative estimate of drug-likeness (QED) is 0.502. The number of benzene rings is 2. The molecule has 1 aliphatic carbocycles. The number of nitrogens with one attached hydrogen (secondary N) is 1. The highest BCUT2D eigenvalue weighted by molar-refractivity contribution is 5.71. The molecule has 3 atom stereocenters. The molecule has 2 aromatic carbocycles. The van der Waals surface area contributed by atoms with Crippen molar-refractivity contribution in [3.63, 3.8) is 0 Å². The Balaban J connectivity index is 1.87. The molecular weight excluding hydrogens is 295 g/mol. The Hall–Kier alpha value is -2.69. The number of hydrogen-bond acceptors (Lipinski definition) is 3. The Kier molecular flexibility index (Phi) is 3.15. The van der Waals surface area contributed by atoms with E-state index in [1.807, 2.05) is 6.07 Å². The first-order valence-electron chi connectivity index (χ1n) is 7.61. The molecule has 0 fully saturated rings. The number of rotatable bonds is 2. The number of halogens is 1. The van der Waals surface area contributed by atoms with Crippen LogP contribution in [-0.4, -0.2) is 4.92 Å². The van der Waals surface area contributed by atoms with Crippen molar-refractivity contribution < 1.29 is 9.31 Å². The molecule has 0 aromatic heterocycles. The van der Waals surface area contributed by atoms with E-state index in [-0.39, 0.29) is 34.3 Å². The van der Waals surface area contributed by atoms with Crippen LogP contribution in [0.15, 0.2) is 54.6 Å². The zero-order valence-electron chi connectivity index (χ0n) is 12.3. The van der Waals surface area contributed by atoms with E-state index in [4.69, 9.17) is 0 Å². The van der Waals surface area contributed by atoms with Crippen LogP contribution in [0.1, 0.15) is 29.5 Å². The molecule has 5 heteroatoms. The van der Waals surface area contributed by atoms with E-state index in [0.29, 0.717) is 11.3 Å². The number of hydrogen-bond donors (Lipinski definition) is 1. The summed E-state index contributed by atoms with van der Waals surface area (Å²) >= 11 is 0. The monoisotopic (exact) mass is 310 g/mol. The van der Waals surface area contributed by atoms with E-state index in [9.17, 15) is 14.5 Å². The minimum absolute atomic E-state index is 0.0441. The fourth-order valence-electron chi connectivity index (χ4n) is 3.79. The minimum atomic E-state index is -0.386. The van der Waals surface area contributed by atoms with Gasteiger partial charge in [-0.25, -0.2) is 4.39 Å². The Morgan fingerprint density at radius 3 is 2.70 bits per heavy atom. The first kappa shape index (κ1) is 13.9. The zero-order valence-corrected chi connectivity index (χ0v) is 12.3. The number of nitrogens with zero attached hydrogens (tertiary/aromatic N) is 1. The van der Waals surface area contributed by atoms with Crippen LogP contribution in [0.25, 0.3) is 0 Å². The van der Waals surface area contributed by atoms with Crippen LogP contribution in [0.2, 0.25) is 0 Å². The Morgan fingerprint density at radius 1 is 1.13 bits per heavy atom. The molecule has 0 saturated carbocycles. The fourth-order valence-corrected chi connectivity index (χ4v) is 3.79. The lowest BCUT2D eigenvalue weighted by molar-refractivity contribution is -0.384. The molecular formula is C18H15FN2O2. The summed E-state index contributed by atoms with van der Waals surface area (Å²) in [5.41, 5.74) is 2.04. The molecule has 1 N–H and O–H groups in total. The van der Waals surface area contributed by atoms with Gasteiger partial charge in [0, 0.05) is 17.5 Å². The van der Waals surface area contributed by atoms with E-state index in [1.165, 1.54) is 12.1 Å². The average molecular weight is 310 g/mol. The summed E-state index contributed by atoms with van der Waals surface area (Å²) in [6.45, 7) is 0. The summed E-state index contributed by atoms with van der Waals surface area (Å²) in [6, 6.07) is 11.5. The summed E-state index contributed by atoms with van der Waals surface area (Å²) in [5, 5.41) is 14.6. The maximum absolute atomic E-state index is 14.3. The molecule has 1 aliphatic heterocycles. The van der Waals surface area contributed by atoms with Crippen LogP contribution >= 0.6 is 0 Å². The van der Waals surface area contributed by atoms with Crippen LogP contribution in [0.4, 0.5) is 15.8 Å². The first-order chi connectivity index (χ1) is 11.2. The Labute approximate surface area is 132 Å². The third kappa shape index (κ3) is 2.11. The highest BCUT2D eigenvalue weighted by Gasteiger charge is 2.41. The summed E-state index contributed by atoms with van der Waals surface area (Å²) in [4.78, 5) is 11.0. The number of fused-ring (bicyclic) bond motifs is 3. The van der Waals surface area contributed by atoms with Gasteiger partial charge in [-0.3, -0.25) is 10.1 Å². The predicted octanol–water partition coefficient (Wildman–Crippen LogP) is 4.56. The molecule has 0 radical (unpaired) electrons. The average Bonchev–Trinajstić information content (AvgIpc) is 3.04. The van der Waals surface area contributed by atoms with E-state index in [2.05, 4.69) is 17.5 Å². The van der Waals surface area contributed by atoms with Crippen LogP contribution in [0.3, 0.4) is 0 Å². The third-order valence-electron chi connectivity index (χ3n) is 4.81. The molecule has 1 heterocycles. The largest absolute Gasteiger partial charge is 0.372 e. The smallest absolute Gasteiger partial charge is 0.292 e. The standard InChI is InChI=1S/C18H15FN2O2/c19-15-9-2-1-5-14(15)17-12-7-3-6-11(12)13-8-4-10-16(21(22)23)18(13)20-17/h1-6,8-12,17,20H,7H2. The lowest BCUT2D eigenvalue weighted by Gasteiger charge is -2.37. The lowest BCUT2D eigenvalue weighted by atomic mass is 9.76. The van der Waals surface area contributed by atoms with Crippen molar-refractivity contribution in [1.82, 2.24) is 0 Å². The van der Waals surface area contributed by atoms with Gasteiger partial charge in [0.25, 0.3) is 5.69 Å². The Morgan fingerprint density at radius 2 is 1.91 bits per heavy atom. The zero-order chi connectivity index (χ0) is 16.0. The van der Waals surface area contributed by atoms with Crippen molar-refractivity contribution in [1.29, 1.82) is 0 Å². The second-order valence-electron chi connectivity index (χ2n) is 6.00. The first-order valence-corrected chi connectivity index (χ1v) is 7.61. The van der Waals surface area contributed by atoms with E-state index in [1.54, 1.807) is 24.3 Å². The molecule has 0 bridgehead atoms. The van der Waals surface area contributed by atoms with Gasteiger partial charge in [0.15, 0.2) is 0 Å². The molecule has 2 aliphatic rings. The molecule has 3 unspecified atom stereocenters. The maximum atomic E-state index is 14.3. The highest BCUT2D eigenvalue weighted by atomic mass is 19.1.